The molecule has 0 radical (unpaired) electrons. The lowest BCUT2D eigenvalue weighted by Gasteiger charge is -2.34. The average molecular weight is 525 g/mol. The van der Waals surface area contributed by atoms with Gasteiger partial charge in [-0.2, -0.15) is 0 Å². The lowest BCUT2D eigenvalue weighted by molar-refractivity contribution is -0.0284. The van der Waals surface area contributed by atoms with Crippen molar-refractivity contribution < 1.29 is 4.74 Å². The molecule has 1 aromatic carbocycles. The lowest BCUT2D eigenvalue weighted by atomic mass is 10.2. The largest absolute Gasteiger partial charge is 0.374 e. The standard InChI is InChI=1S/C18H29BrN4O.HI/c1-14(2)12-23-7-8-24-17(13-23)11-22-18(20-3)21-10-15-5-4-6-16(19)9-15;/h4-6,9,14,17H,7-8,10-13H2,1-3H3,(H2,20,21,22);1H. The minimum absolute atomic E-state index is 0. The van der Waals surface area contributed by atoms with E-state index >= 15 is 0 Å². The summed E-state index contributed by atoms with van der Waals surface area (Å²) in [5, 5.41) is 6.72. The number of rotatable bonds is 6. The van der Waals surface area contributed by atoms with Crippen molar-refractivity contribution in [3.05, 3.63) is 34.3 Å². The Morgan fingerprint density at radius 2 is 2.20 bits per heavy atom. The summed E-state index contributed by atoms with van der Waals surface area (Å²) < 4.78 is 6.96. The molecule has 1 aliphatic heterocycles. The lowest BCUT2D eigenvalue weighted by Crippen LogP contribution is -2.50. The molecule has 5 nitrogen and oxygen atoms in total. The fraction of sp³-hybridized carbons (Fsp3) is 0.611. The maximum absolute atomic E-state index is 5.87. The van der Waals surface area contributed by atoms with Crippen LogP contribution in [0.1, 0.15) is 19.4 Å². The number of nitrogens with one attached hydrogen (secondary N) is 2. The SMILES string of the molecule is CN=C(NCc1cccc(Br)c1)NCC1CN(CC(C)C)CCO1.I. The zero-order chi connectivity index (χ0) is 17.4. The van der Waals surface area contributed by atoms with E-state index in [9.17, 15) is 0 Å². The van der Waals surface area contributed by atoms with Crippen LogP contribution in [0.25, 0.3) is 0 Å². The van der Waals surface area contributed by atoms with Gasteiger partial charge in [0, 0.05) is 44.2 Å². The number of benzene rings is 1. The number of guanidine groups is 1. The monoisotopic (exact) mass is 524 g/mol. The van der Waals surface area contributed by atoms with Crippen LogP contribution in [-0.4, -0.2) is 56.8 Å². The van der Waals surface area contributed by atoms with E-state index in [1.54, 1.807) is 7.05 Å². The van der Waals surface area contributed by atoms with Gasteiger partial charge in [0.05, 0.1) is 12.7 Å². The minimum Gasteiger partial charge on any atom is -0.374 e. The highest BCUT2D eigenvalue weighted by Crippen LogP contribution is 2.11. The summed E-state index contributed by atoms with van der Waals surface area (Å²) in [6.45, 7) is 9.99. The number of morpholine rings is 1. The summed E-state index contributed by atoms with van der Waals surface area (Å²) in [4.78, 5) is 6.78. The van der Waals surface area contributed by atoms with Gasteiger partial charge in [-0.1, -0.05) is 41.9 Å². The smallest absolute Gasteiger partial charge is 0.191 e. The Balaban J connectivity index is 0.00000312. The van der Waals surface area contributed by atoms with Crippen molar-refractivity contribution >= 4 is 45.9 Å². The van der Waals surface area contributed by atoms with Crippen molar-refractivity contribution in [3.63, 3.8) is 0 Å². The van der Waals surface area contributed by atoms with Crippen molar-refractivity contribution in [2.75, 3.05) is 39.8 Å². The van der Waals surface area contributed by atoms with Crippen molar-refractivity contribution in [1.82, 2.24) is 15.5 Å². The number of ether oxygens (including phenoxy) is 1. The Kier molecular flexibility index (Phi) is 11.0. The van der Waals surface area contributed by atoms with Gasteiger partial charge in [-0.05, 0) is 23.6 Å². The highest BCUT2D eigenvalue weighted by Gasteiger charge is 2.20. The molecular weight excluding hydrogens is 495 g/mol. The number of nitrogens with zero attached hydrogens (tertiary/aromatic N) is 2. The second-order valence-electron chi connectivity index (χ2n) is 6.58. The summed E-state index contributed by atoms with van der Waals surface area (Å²) >= 11 is 3.50. The average Bonchev–Trinajstić information content (AvgIpc) is 2.55. The molecule has 1 aliphatic rings. The van der Waals surface area contributed by atoms with Crippen molar-refractivity contribution in [1.29, 1.82) is 0 Å². The minimum atomic E-state index is 0. The fourth-order valence-electron chi connectivity index (χ4n) is 2.85. The number of hydrogen-bond acceptors (Lipinski definition) is 3. The zero-order valence-electron chi connectivity index (χ0n) is 15.3. The Morgan fingerprint density at radius 3 is 2.88 bits per heavy atom. The van der Waals surface area contributed by atoms with Crippen LogP contribution in [-0.2, 0) is 11.3 Å². The maximum atomic E-state index is 5.87. The molecule has 1 unspecified atom stereocenters. The molecule has 1 heterocycles. The zero-order valence-corrected chi connectivity index (χ0v) is 19.2. The van der Waals surface area contributed by atoms with E-state index in [4.69, 9.17) is 4.74 Å². The molecule has 25 heavy (non-hydrogen) atoms. The highest BCUT2D eigenvalue weighted by molar-refractivity contribution is 14.0. The normalized spacial score (nSPS) is 18.8. The van der Waals surface area contributed by atoms with Crippen LogP contribution >= 0.6 is 39.9 Å². The van der Waals surface area contributed by atoms with Gasteiger partial charge in [0.25, 0.3) is 0 Å². The van der Waals surface area contributed by atoms with Crippen LogP contribution < -0.4 is 10.6 Å². The van der Waals surface area contributed by atoms with Gasteiger partial charge < -0.3 is 15.4 Å². The van der Waals surface area contributed by atoms with E-state index < -0.39 is 0 Å². The quantitative estimate of drug-likeness (QED) is 0.341. The third kappa shape index (κ3) is 8.70. The van der Waals surface area contributed by atoms with E-state index in [2.05, 4.69) is 62.4 Å². The summed E-state index contributed by atoms with van der Waals surface area (Å²) in [7, 11) is 1.79. The van der Waals surface area contributed by atoms with Gasteiger partial charge in [-0.15, -0.1) is 24.0 Å². The molecular formula is C18H30BrIN4O. The van der Waals surface area contributed by atoms with Crippen molar-refractivity contribution in [3.8, 4) is 0 Å². The second kappa shape index (κ2) is 12.1. The molecule has 1 fully saturated rings. The Hall–Kier alpha value is -0.380. The molecule has 7 heteroatoms. The topological polar surface area (TPSA) is 48.9 Å². The first-order chi connectivity index (χ1) is 11.6. The van der Waals surface area contributed by atoms with Crippen LogP contribution in [0, 0.1) is 5.92 Å². The first kappa shape index (κ1) is 22.7. The molecule has 1 atom stereocenters. The molecule has 0 amide bonds. The summed E-state index contributed by atoms with van der Waals surface area (Å²) in [5.41, 5.74) is 1.21. The molecule has 0 bridgehead atoms. The predicted octanol–water partition coefficient (Wildman–Crippen LogP) is 3.09. The van der Waals surface area contributed by atoms with Crippen LogP contribution in [0.3, 0.4) is 0 Å². The third-order valence-electron chi connectivity index (χ3n) is 3.92. The molecule has 0 saturated carbocycles. The van der Waals surface area contributed by atoms with Gasteiger partial charge in [-0.3, -0.25) is 9.89 Å². The Labute approximate surface area is 177 Å². The van der Waals surface area contributed by atoms with Crippen LogP contribution in [0.15, 0.2) is 33.7 Å². The second-order valence-corrected chi connectivity index (χ2v) is 7.50. The van der Waals surface area contributed by atoms with Crippen LogP contribution in [0.2, 0.25) is 0 Å². The van der Waals surface area contributed by atoms with E-state index in [1.165, 1.54) is 5.56 Å². The summed E-state index contributed by atoms with van der Waals surface area (Å²) in [5.74, 6) is 1.50. The number of hydrogen-bond donors (Lipinski definition) is 2. The van der Waals surface area contributed by atoms with Gasteiger partial charge in [0.2, 0.25) is 0 Å². The fourth-order valence-corrected chi connectivity index (χ4v) is 3.30. The molecule has 1 saturated heterocycles. The van der Waals surface area contributed by atoms with Gasteiger partial charge >= 0.3 is 0 Å². The van der Waals surface area contributed by atoms with Crippen molar-refractivity contribution in [2.24, 2.45) is 10.9 Å². The predicted molar refractivity (Wildman–Crippen MR) is 119 cm³/mol. The van der Waals surface area contributed by atoms with Gasteiger partial charge in [-0.25, -0.2) is 0 Å². The first-order valence-electron chi connectivity index (χ1n) is 8.59. The first-order valence-corrected chi connectivity index (χ1v) is 9.39. The highest BCUT2D eigenvalue weighted by atomic mass is 127. The van der Waals surface area contributed by atoms with Crippen LogP contribution in [0.4, 0.5) is 0 Å². The Bertz CT molecular complexity index is 542. The summed E-state index contributed by atoms with van der Waals surface area (Å²) in [6.07, 6.45) is 0.210. The number of halogens is 2. The molecule has 2 rings (SSSR count). The maximum Gasteiger partial charge on any atom is 0.191 e. The van der Waals surface area contributed by atoms with E-state index in [0.717, 1.165) is 49.8 Å². The number of aliphatic imine (C=N–C) groups is 1. The van der Waals surface area contributed by atoms with Gasteiger partial charge in [0.1, 0.15) is 0 Å². The molecule has 0 aliphatic carbocycles. The Morgan fingerprint density at radius 1 is 1.40 bits per heavy atom. The van der Waals surface area contributed by atoms with Crippen LogP contribution in [0.5, 0.6) is 0 Å². The third-order valence-corrected chi connectivity index (χ3v) is 4.41. The van der Waals surface area contributed by atoms with E-state index in [-0.39, 0.29) is 30.1 Å². The van der Waals surface area contributed by atoms with Gasteiger partial charge in [0.15, 0.2) is 5.96 Å². The molecule has 1 aromatic rings. The summed E-state index contributed by atoms with van der Waals surface area (Å²) in [6, 6.07) is 8.27. The molecule has 142 valence electrons. The molecule has 0 aromatic heterocycles. The molecule has 0 spiro atoms. The van der Waals surface area contributed by atoms with E-state index in [1.807, 2.05) is 12.1 Å². The van der Waals surface area contributed by atoms with Crippen molar-refractivity contribution in [2.45, 2.75) is 26.5 Å². The molecule has 2 N–H and O–H groups in total. The van der Waals surface area contributed by atoms with E-state index in [0.29, 0.717) is 5.92 Å².